The Kier molecular flexibility index (Phi) is 15.3. The van der Waals surface area contributed by atoms with Crippen molar-refractivity contribution in [2.24, 2.45) is 0 Å². The zero-order valence-electron chi connectivity index (χ0n) is 19.2. The average molecular weight is 448 g/mol. The first kappa shape index (κ1) is 27.0. The van der Waals surface area contributed by atoms with Gasteiger partial charge < -0.3 is 14.6 Å². The van der Waals surface area contributed by atoms with E-state index in [2.05, 4.69) is 42.1 Å². The summed E-state index contributed by atoms with van der Waals surface area (Å²) in [7, 11) is 0. The van der Waals surface area contributed by atoms with Crippen LogP contribution in [0.15, 0.2) is 48.8 Å². The number of halogens is 1. The van der Waals surface area contributed by atoms with Gasteiger partial charge in [0.05, 0.1) is 5.97 Å². The normalized spacial score (nSPS) is 10.3. The standard InChI is InChI=1S/C17H30N.C9H9ClO3/c1-2-3-4-5-6-7-8-9-10-12-15-18-16-13-11-14-17-18;1-6-4-7(10)2-3-8(6)13-5-9(11)12/h11,13-14,16-17H,2-10,12,15H2,1H3;2-4H,5H2,1H3,(H,11,12)/q+1;/p-1. The zero-order valence-corrected chi connectivity index (χ0v) is 19.9. The fraction of sp³-hybridized carbons (Fsp3) is 0.538. The molecule has 2 aromatic rings. The highest BCUT2D eigenvalue weighted by Gasteiger charge is 2.00. The number of carbonyl (C=O) groups excluding carboxylic acids is 1. The number of hydrogen-bond acceptors (Lipinski definition) is 3. The average Bonchev–Trinajstić information content (AvgIpc) is 2.75. The Hall–Kier alpha value is -2.07. The Morgan fingerprint density at radius 2 is 1.52 bits per heavy atom. The lowest BCUT2D eigenvalue weighted by atomic mass is 10.1. The first-order valence-corrected chi connectivity index (χ1v) is 11.9. The molecule has 31 heavy (non-hydrogen) atoms. The number of rotatable bonds is 14. The van der Waals surface area contributed by atoms with E-state index in [1.165, 1.54) is 70.8 Å². The predicted molar refractivity (Wildman–Crippen MR) is 125 cm³/mol. The summed E-state index contributed by atoms with van der Waals surface area (Å²) in [6, 6.07) is 11.3. The van der Waals surface area contributed by atoms with Crippen LogP contribution in [0.3, 0.4) is 0 Å². The van der Waals surface area contributed by atoms with Crippen molar-refractivity contribution in [3.05, 3.63) is 59.4 Å². The van der Waals surface area contributed by atoms with E-state index in [0.29, 0.717) is 10.8 Å². The van der Waals surface area contributed by atoms with Crippen molar-refractivity contribution in [3.63, 3.8) is 0 Å². The molecule has 0 bridgehead atoms. The molecule has 172 valence electrons. The number of aryl methyl sites for hydroxylation is 2. The van der Waals surface area contributed by atoms with Gasteiger partial charge in [-0.25, -0.2) is 4.57 Å². The molecule has 0 spiro atoms. The lowest BCUT2D eigenvalue weighted by molar-refractivity contribution is -0.697. The summed E-state index contributed by atoms with van der Waals surface area (Å²) in [6.45, 7) is 4.81. The molecule has 0 fully saturated rings. The second kappa shape index (κ2) is 17.6. The highest BCUT2D eigenvalue weighted by atomic mass is 35.5. The van der Waals surface area contributed by atoms with Gasteiger partial charge in [-0.3, -0.25) is 0 Å². The number of carboxylic acid groups (broad SMARTS) is 1. The van der Waals surface area contributed by atoms with Crippen LogP contribution in [0.25, 0.3) is 0 Å². The topological polar surface area (TPSA) is 53.2 Å². The first-order chi connectivity index (χ1) is 15.0. The Morgan fingerprint density at radius 3 is 2.06 bits per heavy atom. The van der Waals surface area contributed by atoms with Crippen molar-refractivity contribution in [2.75, 3.05) is 6.61 Å². The number of aliphatic carboxylic acids is 1. The third-order valence-electron chi connectivity index (χ3n) is 5.03. The van der Waals surface area contributed by atoms with E-state index in [1.807, 2.05) is 0 Å². The number of pyridine rings is 1. The summed E-state index contributed by atoms with van der Waals surface area (Å²) in [4.78, 5) is 10.1. The fourth-order valence-corrected chi connectivity index (χ4v) is 3.50. The number of aromatic nitrogens is 1. The molecule has 4 nitrogen and oxygen atoms in total. The molecule has 0 aliphatic heterocycles. The maximum atomic E-state index is 10.1. The van der Waals surface area contributed by atoms with Crippen molar-refractivity contribution in [1.29, 1.82) is 0 Å². The lowest BCUT2D eigenvalue weighted by Gasteiger charge is -2.09. The van der Waals surface area contributed by atoms with Crippen LogP contribution in [0.4, 0.5) is 0 Å². The number of ether oxygens (including phenoxy) is 1. The van der Waals surface area contributed by atoms with E-state index in [4.69, 9.17) is 16.3 Å². The van der Waals surface area contributed by atoms with Gasteiger partial charge in [0.15, 0.2) is 12.4 Å². The largest absolute Gasteiger partial charge is 0.546 e. The number of nitrogens with zero attached hydrogens (tertiary/aromatic N) is 1. The zero-order chi connectivity index (χ0) is 22.7. The molecular formula is C26H38ClNO3. The van der Waals surface area contributed by atoms with E-state index in [9.17, 15) is 9.90 Å². The highest BCUT2D eigenvalue weighted by molar-refractivity contribution is 6.30. The number of hydrogen-bond donors (Lipinski definition) is 0. The first-order valence-electron chi connectivity index (χ1n) is 11.6. The molecular weight excluding hydrogens is 410 g/mol. The smallest absolute Gasteiger partial charge is 0.168 e. The molecule has 0 radical (unpaired) electrons. The molecule has 1 aromatic carbocycles. The minimum atomic E-state index is -1.24. The van der Waals surface area contributed by atoms with E-state index in [-0.39, 0.29) is 0 Å². The van der Waals surface area contributed by atoms with Crippen LogP contribution >= 0.6 is 11.6 Å². The molecule has 1 heterocycles. The van der Waals surface area contributed by atoms with E-state index < -0.39 is 12.6 Å². The highest BCUT2D eigenvalue weighted by Crippen LogP contribution is 2.21. The third kappa shape index (κ3) is 14.5. The van der Waals surface area contributed by atoms with Gasteiger partial charge in [-0.05, 0) is 37.1 Å². The van der Waals surface area contributed by atoms with Gasteiger partial charge in [0.2, 0.25) is 0 Å². The molecule has 2 rings (SSSR count). The van der Waals surface area contributed by atoms with Gasteiger partial charge in [0.1, 0.15) is 18.9 Å². The van der Waals surface area contributed by atoms with E-state index >= 15 is 0 Å². The molecule has 0 saturated carbocycles. The summed E-state index contributed by atoms with van der Waals surface area (Å²) < 4.78 is 7.22. The summed E-state index contributed by atoms with van der Waals surface area (Å²) in [5.41, 5.74) is 0.800. The van der Waals surface area contributed by atoms with Crippen molar-refractivity contribution in [3.8, 4) is 5.75 Å². The van der Waals surface area contributed by atoms with Crippen LogP contribution in [-0.2, 0) is 11.3 Å². The minimum Gasteiger partial charge on any atom is -0.546 e. The van der Waals surface area contributed by atoms with Crippen molar-refractivity contribution < 1.29 is 19.2 Å². The van der Waals surface area contributed by atoms with E-state index in [0.717, 1.165) is 5.56 Å². The predicted octanol–water partition coefficient (Wildman–Crippen LogP) is 5.67. The van der Waals surface area contributed by atoms with Gasteiger partial charge in [0, 0.05) is 23.6 Å². The van der Waals surface area contributed by atoms with Crippen LogP contribution in [-0.4, -0.2) is 12.6 Å². The minimum absolute atomic E-state index is 0.442. The maximum Gasteiger partial charge on any atom is 0.168 e. The summed E-state index contributed by atoms with van der Waals surface area (Å²) >= 11 is 5.70. The van der Waals surface area contributed by atoms with E-state index in [1.54, 1.807) is 25.1 Å². The quantitative estimate of drug-likeness (QED) is 0.277. The van der Waals surface area contributed by atoms with Crippen LogP contribution in [0.1, 0.15) is 76.7 Å². The summed E-state index contributed by atoms with van der Waals surface area (Å²) in [5.74, 6) is -0.733. The van der Waals surface area contributed by atoms with Crippen LogP contribution in [0, 0.1) is 6.92 Å². The Labute approximate surface area is 193 Å². The number of unbranched alkanes of at least 4 members (excludes halogenated alkanes) is 9. The SMILES string of the molecule is CCCCCCCCCCCC[n+]1ccccc1.Cc1cc(Cl)ccc1OCC(=O)[O-]. The second-order valence-corrected chi connectivity index (χ2v) is 8.30. The Bertz CT molecular complexity index is 722. The molecule has 0 unspecified atom stereocenters. The molecule has 0 N–H and O–H groups in total. The van der Waals surface area contributed by atoms with Crippen LogP contribution in [0.2, 0.25) is 5.02 Å². The number of benzene rings is 1. The molecule has 0 aliphatic carbocycles. The van der Waals surface area contributed by atoms with Gasteiger partial charge in [-0.1, -0.05) is 76.0 Å². The second-order valence-electron chi connectivity index (χ2n) is 7.87. The molecule has 0 amide bonds. The van der Waals surface area contributed by atoms with Gasteiger partial charge in [-0.2, -0.15) is 0 Å². The Balaban J connectivity index is 0.000000327. The van der Waals surface area contributed by atoms with Crippen LogP contribution < -0.4 is 14.4 Å². The van der Waals surface area contributed by atoms with Gasteiger partial charge in [0.25, 0.3) is 0 Å². The van der Waals surface area contributed by atoms with Crippen molar-refractivity contribution in [2.45, 2.75) is 84.6 Å². The summed E-state index contributed by atoms with van der Waals surface area (Å²) in [6.07, 6.45) is 18.5. The Morgan fingerprint density at radius 1 is 0.935 bits per heavy atom. The molecule has 0 aliphatic rings. The molecule has 0 atom stereocenters. The number of carboxylic acids is 1. The monoisotopic (exact) mass is 447 g/mol. The van der Waals surface area contributed by atoms with Crippen molar-refractivity contribution in [1.82, 2.24) is 0 Å². The van der Waals surface area contributed by atoms with Gasteiger partial charge >= 0.3 is 0 Å². The van der Waals surface area contributed by atoms with Crippen LogP contribution in [0.5, 0.6) is 5.75 Å². The molecule has 1 aromatic heterocycles. The summed E-state index contributed by atoms with van der Waals surface area (Å²) in [5, 5.41) is 10.7. The van der Waals surface area contributed by atoms with Crippen molar-refractivity contribution >= 4 is 17.6 Å². The third-order valence-corrected chi connectivity index (χ3v) is 5.26. The maximum absolute atomic E-state index is 10.1. The lowest BCUT2D eigenvalue weighted by Crippen LogP contribution is -2.32. The fourth-order valence-electron chi connectivity index (χ4n) is 3.28. The van der Waals surface area contributed by atoms with Gasteiger partial charge in [-0.15, -0.1) is 0 Å². The molecule has 0 saturated heterocycles. The number of carbonyl (C=O) groups is 1. The molecule has 5 heteroatoms.